The van der Waals surface area contributed by atoms with Crippen LogP contribution in [0.3, 0.4) is 0 Å². The van der Waals surface area contributed by atoms with Crippen molar-refractivity contribution in [2.75, 3.05) is 11.9 Å². The number of nitrogens with one attached hydrogen (secondary N) is 2. The van der Waals surface area contributed by atoms with E-state index in [1.165, 1.54) is 0 Å². The van der Waals surface area contributed by atoms with Gasteiger partial charge in [0, 0.05) is 29.9 Å². The number of pyridine rings is 1. The Morgan fingerprint density at radius 2 is 1.77 bits per heavy atom. The summed E-state index contributed by atoms with van der Waals surface area (Å²) in [5.74, 6) is 1.32. The molecule has 4 aromatic rings. The standard InChI is InChI=1S/C25H22ClN3O2/c1-3-27-25(30)29-18-8-5-10-20(14-18)31-19-9-4-7-17(13-19)23-16(2)15-28-24-21(23)11-6-12-22(24)26/h4-15H,3H2,1-2H3,(H2,27,29,30). The van der Waals surface area contributed by atoms with Crippen molar-refractivity contribution in [2.24, 2.45) is 0 Å². The third-order valence-corrected chi connectivity index (χ3v) is 5.13. The van der Waals surface area contributed by atoms with Crippen LogP contribution in [0.5, 0.6) is 11.5 Å². The quantitative estimate of drug-likeness (QED) is 0.365. The number of carbonyl (C=O) groups is 1. The lowest BCUT2D eigenvalue weighted by molar-refractivity contribution is 0.252. The highest BCUT2D eigenvalue weighted by Crippen LogP contribution is 2.35. The van der Waals surface area contributed by atoms with Crippen molar-refractivity contribution < 1.29 is 9.53 Å². The zero-order valence-electron chi connectivity index (χ0n) is 17.3. The van der Waals surface area contributed by atoms with E-state index >= 15 is 0 Å². The summed E-state index contributed by atoms with van der Waals surface area (Å²) in [4.78, 5) is 16.3. The van der Waals surface area contributed by atoms with Crippen LogP contribution in [0.4, 0.5) is 10.5 Å². The van der Waals surface area contributed by atoms with E-state index in [0.717, 1.165) is 27.6 Å². The zero-order chi connectivity index (χ0) is 21.8. The number of halogens is 1. The van der Waals surface area contributed by atoms with Crippen LogP contribution in [0, 0.1) is 6.92 Å². The molecule has 0 fully saturated rings. The highest BCUT2D eigenvalue weighted by atomic mass is 35.5. The molecule has 0 unspecified atom stereocenters. The van der Waals surface area contributed by atoms with Crippen LogP contribution in [0.1, 0.15) is 12.5 Å². The fraction of sp³-hybridized carbons (Fsp3) is 0.120. The first-order chi connectivity index (χ1) is 15.0. The van der Waals surface area contributed by atoms with Gasteiger partial charge in [-0.05, 0) is 60.9 Å². The number of hydrogen-bond acceptors (Lipinski definition) is 3. The van der Waals surface area contributed by atoms with Gasteiger partial charge in [0.1, 0.15) is 11.5 Å². The molecule has 31 heavy (non-hydrogen) atoms. The summed E-state index contributed by atoms with van der Waals surface area (Å²) in [6.07, 6.45) is 1.84. The molecule has 2 N–H and O–H groups in total. The fourth-order valence-corrected chi connectivity index (χ4v) is 3.72. The lowest BCUT2D eigenvalue weighted by atomic mass is 9.97. The maximum absolute atomic E-state index is 11.8. The van der Waals surface area contributed by atoms with Crippen molar-refractivity contribution >= 4 is 34.2 Å². The van der Waals surface area contributed by atoms with Crippen LogP contribution in [-0.4, -0.2) is 17.6 Å². The third kappa shape index (κ3) is 4.62. The number of fused-ring (bicyclic) bond motifs is 1. The maximum atomic E-state index is 11.8. The Balaban J connectivity index is 1.65. The topological polar surface area (TPSA) is 63.2 Å². The average molecular weight is 432 g/mol. The van der Waals surface area contributed by atoms with Gasteiger partial charge in [0.15, 0.2) is 0 Å². The summed E-state index contributed by atoms with van der Waals surface area (Å²) >= 11 is 6.36. The molecule has 0 saturated carbocycles. The lowest BCUT2D eigenvalue weighted by Crippen LogP contribution is -2.28. The summed E-state index contributed by atoms with van der Waals surface area (Å²) in [7, 11) is 0. The van der Waals surface area contributed by atoms with Gasteiger partial charge in [-0.1, -0.05) is 41.9 Å². The molecular weight excluding hydrogens is 410 g/mol. The van der Waals surface area contributed by atoms with E-state index in [-0.39, 0.29) is 6.03 Å². The summed E-state index contributed by atoms with van der Waals surface area (Å²) in [5.41, 5.74) is 4.58. The second-order valence-corrected chi connectivity index (χ2v) is 7.50. The first-order valence-corrected chi connectivity index (χ1v) is 10.4. The van der Waals surface area contributed by atoms with E-state index in [9.17, 15) is 4.79 Å². The summed E-state index contributed by atoms with van der Waals surface area (Å²) in [5, 5.41) is 7.12. The van der Waals surface area contributed by atoms with Crippen LogP contribution < -0.4 is 15.4 Å². The Morgan fingerprint density at radius 1 is 1.03 bits per heavy atom. The SMILES string of the molecule is CCNC(=O)Nc1cccc(Oc2cccc(-c3c(C)cnc4c(Cl)cccc34)c2)c1. The Kier molecular flexibility index (Phi) is 6.05. The van der Waals surface area contributed by atoms with Crippen LogP contribution >= 0.6 is 11.6 Å². The summed E-state index contributed by atoms with van der Waals surface area (Å²) < 4.78 is 6.08. The Bertz CT molecular complexity index is 1260. The van der Waals surface area contributed by atoms with E-state index in [2.05, 4.69) is 15.6 Å². The first-order valence-electron chi connectivity index (χ1n) is 10.0. The van der Waals surface area contributed by atoms with E-state index in [4.69, 9.17) is 16.3 Å². The molecule has 2 amide bonds. The zero-order valence-corrected chi connectivity index (χ0v) is 18.0. The van der Waals surface area contributed by atoms with Gasteiger partial charge >= 0.3 is 6.03 Å². The third-order valence-electron chi connectivity index (χ3n) is 4.83. The van der Waals surface area contributed by atoms with Crippen molar-refractivity contribution in [3.05, 3.63) is 83.5 Å². The van der Waals surface area contributed by atoms with Gasteiger partial charge in [0.25, 0.3) is 0 Å². The largest absolute Gasteiger partial charge is 0.457 e. The minimum atomic E-state index is -0.250. The number of para-hydroxylation sites is 1. The number of benzene rings is 3. The van der Waals surface area contributed by atoms with Gasteiger partial charge in [-0.25, -0.2) is 4.79 Å². The molecule has 1 heterocycles. The van der Waals surface area contributed by atoms with E-state index < -0.39 is 0 Å². The van der Waals surface area contributed by atoms with Gasteiger partial charge < -0.3 is 15.4 Å². The van der Waals surface area contributed by atoms with Crippen LogP contribution in [-0.2, 0) is 0 Å². The predicted molar refractivity (Wildman–Crippen MR) is 126 cm³/mol. The molecule has 1 aromatic heterocycles. The summed E-state index contributed by atoms with van der Waals surface area (Å²) in [6, 6.07) is 20.7. The predicted octanol–water partition coefficient (Wildman–Crippen LogP) is 6.80. The number of amides is 2. The molecule has 0 saturated heterocycles. The normalized spacial score (nSPS) is 10.7. The van der Waals surface area contributed by atoms with Crippen molar-refractivity contribution in [2.45, 2.75) is 13.8 Å². The number of aromatic nitrogens is 1. The summed E-state index contributed by atoms with van der Waals surface area (Å²) in [6.45, 7) is 4.46. The number of urea groups is 1. The number of nitrogens with zero attached hydrogens (tertiary/aromatic N) is 1. The van der Waals surface area contributed by atoms with Gasteiger partial charge in [-0.3, -0.25) is 4.98 Å². The minimum absolute atomic E-state index is 0.250. The van der Waals surface area contributed by atoms with Crippen LogP contribution in [0.25, 0.3) is 22.0 Å². The Labute approximate surface area is 186 Å². The molecule has 5 nitrogen and oxygen atoms in total. The minimum Gasteiger partial charge on any atom is -0.457 e. The van der Waals surface area contributed by atoms with Gasteiger partial charge in [-0.15, -0.1) is 0 Å². The molecule has 0 radical (unpaired) electrons. The second-order valence-electron chi connectivity index (χ2n) is 7.09. The van der Waals surface area contributed by atoms with Crippen molar-refractivity contribution in [3.8, 4) is 22.6 Å². The maximum Gasteiger partial charge on any atom is 0.319 e. The average Bonchev–Trinajstić information content (AvgIpc) is 2.74. The van der Waals surface area contributed by atoms with E-state index in [0.29, 0.717) is 28.8 Å². The molecule has 0 aliphatic carbocycles. The van der Waals surface area contributed by atoms with Crippen molar-refractivity contribution in [1.29, 1.82) is 0 Å². The van der Waals surface area contributed by atoms with Gasteiger partial charge in [-0.2, -0.15) is 0 Å². The smallest absolute Gasteiger partial charge is 0.319 e. The highest BCUT2D eigenvalue weighted by Gasteiger charge is 2.12. The second kappa shape index (κ2) is 9.06. The number of hydrogen-bond donors (Lipinski definition) is 2. The monoisotopic (exact) mass is 431 g/mol. The molecular formula is C25H22ClN3O2. The molecule has 156 valence electrons. The number of carbonyl (C=O) groups excluding carboxylic acids is 1. The van der Waals surface area contributed by atoms with Crippen LogP contribution in [0.15, 0.2) is 72.9 Å². The fourth-order valence-electron chi connectivity index (χ4n) is 3.49. The Morgan fingerprint density at radius 3 is 2.58 bits per heavy atom. The highest BCUT2D eigenvalue weighted by molar-refractivity contribution is 6.35. The molecule has 0 aliphatic rings. The number of anilines is 1. The number of aryl methyl sites for hydroxylation is 1. The molecule has 0 bridgehead atoms. The molecule has 6 heteroatoms. The molecule has 3 aromatic carbocycles. The number of rotatable bonds is 5. The van der Waals surface area contributed by atoms with Crippen molar-refractivity contribution in [3.63, 3.8) is 0 Å². The molecule has 4 rings (SSSR count). The van der Waals surface area contributed by atoms with Crippen molar-refractivity contribution in [1.82, 2.24) is 10.3 Å². The molecule has 0 spiro atoms. The first kappa shape index (κ1) is 20.7. The number of ether oxygens (including phenoxy) is 1. The molecule has 0 atom stereocenters. The molecule has 0 aliphatic heterocycles. The van der Waals surface area contributed by atoms with Crippen LogP contribution in [0.2, 0.25) is 5.02 Å². The van der Waals surface area contributed by atoms with E-state index in [1.54, 1.807) is 6.07 Å². The van der Waals surface area contributed by atoms with Gasteiger partial charge in [0.05, 0.1) is 10.5 Å². The van der Waals surface area contributed by atoms with Gasteiger partial charge in [0.2, 0.25) is 0 Å². The lowest BCUT2D eigenvalue weighted by Gasteiger charge is -2.13. The Hall–Kier alpha value is -3.57. The van der Waals surface area contributed by atoms with E-state index in [1.807, 2.05) is 80.7 Å².